The zero-order valence-electron chi connectivity index (χ0n) is 11.6. The lowest BCUT2D eigenvalue weighted by atomic mass is 10.1. The van der Waals surface area contributed by atoms with Gasteiger partial charge in [0.05, 0.1) is 5.69 Å². The number of aromatic nitrogens is 3. The quantitative estimate of drug-likeness (QED) is 0.787. The lowest BCUT2D eigenvalue weighted by molar-refractivity contribution is -0.141. The van der Waals surface area contributed by atoms with E-state index in [0.29, 0.717) is 11.8 Å². The summed E-state index contributed by atoms with van der Waals surface area (Å²) in [6.45, 7) is 0. The molecule has 4 nitrogen and oxygen atoms in total. The molecule has 7 heteroatoms. The third-order valence-corrected chi connectivity index (χ3v) is 3.09. The normalized spacial score (nSPS) is 11.4. The molecule has 0 bridgehead atoms. The topological polar surface area (TPSA) is 58.6 Å². The molecule has 0 spiro atoms. The minimum atomic E-state index is -4.69. The molecule has 0 atom stereocenters. The van der Waals surface area contributed by atoms with Crippen molar-refractivity contribution in [2.75, 3.05) is 0 Å². The number of nitrogens with one attached hydrogen (secondary N) is 1. The summed E-state index contributed by atoms with van der Waals surface area (Å²) in [5.74, 6) is -0.220. The molecule has 0 unspecified atom stereocenters. The van der Waals surface area contributed by atoms with Crippen LogP contribution in [0.25, 0.3) is 22.8 Å². The molecule has 23 heavy (non-hydrogen) atoms. The molecule has 0 saturated carbocycles. The average molecular weight is 317 g/mol. The summed E-state index contributed by atoms with van der Waals surface area (Å²) in [6.07, 6.45) is -4.69. The Bertz CT molecular complexity index is 889. The van der Waals surface area contributed by atoms with Gasteiger partial charge in [0.1, 0.15) is 5.69 Å². The van der Waals surface area contributed by atoms with Gasteiger partial charge in [-0.05, 0) is 12.1 Å². The first kappa shape index (κ1) is 15.0. The maximum Gasteiger partial charge on any atom is 0.433 e. The van der Waals surface area contributed by atoms with Crippen molar-refractivity contribution in [3.05, 3.63) is 70.6 Å². The van der Waals surface area contributed by atoms with Crippen LogP contribution in [0.15, 0.2) is 59.4 Å². The predicted molar refractivity (Wildman–Crippen MR) is 78.5 cm³/mol. The Hall–Kier alpha value is -2.96. The van der Waals surface area contributed by atoms with Gasteiger partial charge >= 0.3 is 6.18 Å². The fraction of sp³-hybridized carbons (Fsp3) is 0.0625. The van der Waals surface area contributed by atoms with E-state index in [9.17, 15) is 18.0 Å². The third kappa shape index (κ3) is 3.28. The Kier molecular flexibility index (Phi) is 3.69. The summed E-state index contributed by atoms with van der Waals surface area (Å²) < 4.78 is 38.3. The van der Waals surface area contributed by atoms with Gasteiger partial charge in [-0.2, -0.15) is 13.2 Å². The number of rotatable bonds is 2. The molecule has 0 radical (unpaired) electrons. The van der Waals surface area contributed by atoms with Crippen LogP contribution in [0.1, 0.15) is 5.69 Å². The lowest BCUT2D eigenvalue weighted by Gasteiger charge is -2.08. The molecule has 3 rings (SSSR count). The second-order valence-electron chi connectivity index (χ2n) is 4.75. The summed E-state index contributed by atoms with van der Waals surface area (Å²) >= 11 is 0. The van der Waals surface area contributed by atoms with Gasteiger partial charge in [-0.15, -0.1) is 0 Å². The SMILES string of the molecule is O=c1cc(C(F)(F)F)nc(-c2cccc(-c3ccccc3)n2)[nH]1. The molecule has 0 aliphatic rings. The van der Waals surface area contributed by atoms with Crippen molar-refractivity contribution < 1.29 is 13.2 Å². The molecule has 116 valence electrons. The summed E-state index contributed by atoms with van der Waals surface area (Å²) in [4.78, 5) is 21.5. The maximum atomic E-state index is 12.8. The average Bonchev–Trinajstić information content (AvgIpc) is 2.54. The molecule has 1 N–H and O–H groups in total. The molecule has 0 amide bonds. The number of hydrogen-bond donors (Lipinski definition) is 1. The van der Waals surface area contributed by atoms with E-state index in [-0.39, 0.29) is 11.5 Å². The number of hydrogen-bond acceptors (Lipinski definition) is 3. The van der Waals surface area contributed by atoms with E-state index in [2.05, 4.69) is 15.0 Å². The van der Waals surface area contributed by atoms with E-state index >= 15 is 0 Å². The van der Waals surface area contributed by atoms with Crippen molar-refractivity contribution in [3.8, 4) is 22.8 Å². The molecule has 0 saturated heterocycles. The standard InChI is InChI=1S/C16H10F3N3O/c17-16(18,19)13-9-14(23)22-15(21-13)12-8-4-7-11(20-12)10-5-2-1-3-6-10/h1-9H,(H,21,22,23). The first-order valence-corrected chi connectivity index (χ1v) is 6.65. The van der Waals surface area contributed by atoms with Crippen molar-refractivity contribution in [1.82, 2.24) is 15.0 Å². The van der Waals surface area contributed by atoms with E-state index in [1.165, 1.54) is 6.07 Å². The Morgan fingerprint density at radius 2 is 1.57 bits per heavy atom. The Morgan fingerprint density at radius 1 is 0.870 bits per heavy atom. The van der Waals surface area contributed by atoms with Gasteiger partial charge < -0.3 is 4.98 Å². The van der Waals surface area contributed by atoms with Crippen molar-refractivity contribution in [3.63, 3.8) is 0 Å². The van der Waals surface area contributed by atoms with Crippen molar-refractivity contribution in [2.24, 2.45) is 0 Å². The van der Waals surface area contributed by atoms with Crippen LogP contribution in [0, 0.1) is 0 Å². The molecule has 2 heterocycles. The Balaban J connectivity index is 2.10. The molecule has 0 fully saturated rings. The highest BCUT2D eigenvalue weighted by Crippen LogP contribution is 2.28. The predicted octanol–water partition coefficient (Wildman–Crippen LogP) is 3.52. The van der Waals surface area contributed by atoms with Crippen molar-refractivity contribution >= 4 is 0 Å². The van der Waals surface area contributed by atoms with Gasteiger partial charge in [-0.25, -0.2) is 9.97 Å². The summed E-state index contributed by atoms with van der Waals surface area (Å²) in [7, 11) is 0. The minimum Gasteiger partial charge on any atom is -0.305 e. The smallest absolute Gasteiger partial charge is 0.305 e. The van der Waals surface area contributed by atoms with Crippen LogP contribution >= 0.6 is 0 Å². The fourth-order valence-electron chi connectivity index (χ4n) is 2.06. The van der Waals surface area contributed by atoms with Crippen LogP contribution in [-0.4, -0.2) is 15.0 Å². The van der Waals surface area contributed by atoms with E-state index < -0.39 is 17.4 Å². The van der Waals surface area contributed by atoms with Crippen molar-refractivity contribution in [1.29, 1.82) is 0 Å². The van der Waals surface area contributed by atoms with Gasteiger partial charge in [0.25, 0.3) is 5.56 Å². The van der Waals surface area contributed by atoms with Gasteiger partial charge in [0, 0.05) is 11.6 Å². The molecular weight excluding hydrogens is 307 g/mol. The molecular formula is C16H10F3N3O. The first-order valence-electron chi connectivity index (χ1n) is 6.65. The van der Waals surface area contributed by atoms with Crippen LogP contribution in [0.5, 0.6) is 0 Å². The first-order chi connectivity index (χ1) is 10.9. The van der Waals surface area contributed by atoms with Gasteiger partial charge in [0.2, 0.25) is 0 Å². The highest BCUT2D eigenvalue weighted by atomic mass is 19.4. The largest absolute Gasteiger partial charge is 0.433 e. The van der Waals surface area contributed by atoms with Gasteiger partial charge in [0.15, 0.2) is 11.5 Å². The molecule has 0 aliphatic heterocycles. The number of pyridine rings is 1. The summed E-state index contributed by atoms with van der Waals surface area (Å²) in [5, 5.41) is 0. The highest BCUT2D eigenvalue weighted by molar-refractivity contribution is 5.62. The van der Waals surface area contributed by atoms with Crippen LogP contribution in [0.4, 0.5) is 13.2 Å². The number of aromatic amines is 1. The number of H-pyrrole nitrogens is 1. The molecule has 3 aromatic rings. The number of benzene rings is 1. The lowest BCUT2D eigenvalue weighted by Crippen LogP contribution is -2.17. The number of halogens is 3. The van der Waals surface area contributed by atoms with E-state index in [1.54, 1.807) is 12.1 Å². The number of nitrogens with zero attached hydrogens (tertiary/aromatic N) is 2. The summed E-state index contributed by atoms with van der Waals surface area (Å²) in [5.41, 5.74) is -0.584. The maximum absolute atomic E-state index is 12.8. The second-order valence-corrected chi connectivity index (χ2v) is 4.75. The fourth-order valence-corrected chi connectivity index (χ4v) is 2.06. The highest BCUT2D eigenvalue weighted by Gasteiger charge is 2.33. The van der Waals surface area contributed by atoms with Crippen LogP contribution in [0.3, 0.4) is 0 Å². The zero-order valence-corrected chi connectivity index (χ0v) is 11.6. The van der Waals surface area contributed by atoms with E-state index in [1.807, 2.05) is 30.3 Å². The van der Waals surface area contributed by atoms with Crippen LogP contribution < -0.4 is 5.56 Å². The molecule has 0 aliphatic carbocycles. The third-order valence-electron chi connectivity index (χ3n) is 3.09. The van der Waals surface area contributed by atoms with Crippen molar-refractivity contribution in [2.45, 2.75) is 6.18 Å². The zero-order chi connectivity index (χ0) is 16.4. The Morgan fingerprint density at radius 3 is 2.26 bits per heavy atom. The molecule has 1 aromatic carbocycles. The summed E-state index contributed by atoms with van der Waals surface area (Å²) in [6, 6.07) is 14.4. The van der Waals surface area contributed by atoms with Gasteiger partial charge in [-0.1, -0.05) is 36.4 Å². The second kappa shape index (κ2) is 5.68. The molecule has 2 aromatic heterocycles. The minimum absolute atomic E-state index is 0.162. The Labute approximate surface area is 128 Å². The number of alkyl halides is 3. The monoisotopic (exact) mass is 317 g/mol. The van der Waals surface area contributed by atoms with Crippen LogP contribution in [-0.2, 0) is 6.18 Å². The van der Waals surface area contributed by atoms with E-state index in [0.717, 1.165) is 5.56 Å². The van der Waals surface area contributed by atoms with E-state index in [4.69, 9.17) is 0 Å². The van der Waals surface area contributed by atoms with Crippen LogP contribution in [0.2, 0.25) is 0 Å². The van der Waals surface area contributed by atoms with Gasteiger partial charge in [-0.3, -0.25) is 4.79 Å².